The van der Waals surface area contributed by atoms with Crippen LogP contribution in [-0.2, 0) is 16.1 Å². The Kier molecular flexibility index (Phi) is 4.07. The lowest BCUT2D eigenvalue weighted by Gasteiger charge is -2.33. The number of benzene rings is 2. The molecule has 5 rings (SSSR count). The van der Waals surface area contributed by atoms with E-state index in [9.17, 15) is 13.6 Å². The number of hydrogen-bond acceptors (Lipinski definition) is 4. The predicted octanol–water partition coefficient (Wildman–Crippen LogP) is 3.74. The van der Waals surface area contributed by atoms with Gasteiger partial charge < -0.3 is 5.73 Å². The number of thioether (sulfide) groups is 1. The Labute approximate surface area is 165 Å². The van der Waals surface area contributed by atoms with Gasteiger partial charge in [0.05, 0.1) is 6.04 Å². The minimum Gasteiger partial charge on any atom is -0.320 e. The van der Waals surface area contributed by atoms with Crippen LogP contribution in [0, 0.1) is 17.6 Å². The average molecular weight is 399 g/mol. The summed E-state index contributed by atoms with van der Waals surface area (Å²) in [6, 6.07) is 10.6. The van der Waals surface area contributed by atoms with Gasteiger partial charge in [-0.1, -0.05) is 36.0 Å². The summed E-state index contributed by atoms with van der Waals surface area (Å²) >= 11 is 1.32. The Bertz CT molecular complexity index is 1010. The maximum absolute atomic E-state index is 14.4. The molecule has 0 aromatic heterocycles. The predicted molar refractivity (Wildman–Crippen MR) is 104 cm³/mol. The molecule has 0 bridgehead atoms. The van der Waals surface area contributed by atoms with E-state index in [0.717, 1.165) is 48.6 Å². The molecule has 1 aliphatic heterocycles. The highest BCUT2D eigenvalue weighted by Crippen LogP contribution is 2.55. The second kappa shape index (κ2) is 6.39. The third-order valence-corrected chi connectivity index (χ3v) is 7.18. The number of nitrogens with zero attached hydrogens (tertiary/aromatic N) is 2. The SMILES string of the molecule is N[C@H](C(=O)N1N=C(c2cc(F)ccc2F)SC12CCc1ccccc12)C1CC1. The van der Waals surface area contributed by atoms with Gasteiger partial charge in [0.2, 0.25) is 0 Å². The molecular formula is C21H19F2N3OS. The van der Waals surface area contributed by atoms with Crippen molar-refractivity contribution in [3.8, 4) is 0 Å². The Morgan fingerprint density at radius 3 is 2.82 bits per heavy atom. The van der Waals surface area contributed by atoms with Gasteiger partial charge in [-0.05, 0) is 60.9 Å². The molecule has 28 heavy (non-hydrogen) atoms. The molecule has 2 aromatic rings. The summed E-state index contributed by atoms with van der Waals surface area (Å²) in [5, 5.41) is 6.26. The van der Waals surface area contributed by atoms with Crippen molar-refractivity contribution in [1.29, 1.82) is 0 Å². The highest BCUT2D eigenvalue weighted by molar-refractivity contribution is 8.15. The molecule has 1 saturated carbocycles. The van der Waals surface area contributed by atoms with Gasteiger partial charge >= 0.3 is 0 Å². The molecule has 1 spiro atoms. The van der Waals surface area contributed by atoms with Crippen LogP contribution in [0.1, 0.15) is 36.0 Å². The highest BCUT2D eigenvalue weighted by atomic mass is 32.2. The van der Waals surface area contributed by atoms with Crippen LogP contribution in [0.4, 0.5) is 8.78 Å². The molecule has 0 radical (unpaired) electrons. The molecule has 1 unspecified atom stereocenters. The first-order valence-corrected chi connectivity index (χ1v) is 10.2. The van der Waals surface area contributed by atoms with Crippen LogP contribution in [0.5, 0.6) is 0 Å². The molecular weight excluding hydrogens is 380 g/mol. The molecule has 2 aliphatic carbocycles. The summed E-state index contributed by atoms with van der Waals surface area (Å²) < 4.78 is 28.2. The molecule has 2 N–H and O–H groups in total. The van der Waals surface area contributed by atoms with Gasteiger partial charge in [-0.3, -0.25) is 4.79 Å². The molecule has 3 aliphatic rings. The largest absolute Gasteiger partial charge is 0.320 e. The normalized spacial score (nSPS) is 24.4. The number of carbonyl (C=O) groups excluding carboxylic acids is 1. The van der Waals surface area contributed by atoms with Crippen molar-refractivity contribution in [3.63, 3.8) is 0 Å². The molecule has 4 nitrogen and oxygen atoms in total. The summed E-state index contributed by atoms with van der Waals surface area (Å²) in [4.78, 5) is 12.5. The summed E-state index contributed by atoms with van der Waals surface area (Å²) in [6.07, 6.45) is 3.32. The van der Waals surface area contributed by atoms with Gasteiger partial charge in [-0.15, -0.1) is 0 Å². The number of aryl methyl sites for hydroxylation is 1. The second-order valence-corrected chi connectivity index (χ2v) is 8.85. The lowest BCUT2D eigenvalue weighted by Crippen LogP contribution is -2.48. The van der Waals surface area contributed by atoms with E-state index in [-0.39, 0.29) is 17.4 Å². The van der Waals surface area contributed by atoms with Crippen LogP contribution in [-0.4, -0.2) is 22.0 Å². The van der Waals surface area contributed by atoms with Crippen LogP contribution in [0.2, 0.25) is 0 Å². The number of amides is 1. The van der Waals surface area contributed by atoms with E-state index in [4.69, 9.17) is 5.73 Å². The molecule has 144 valence electrons. The highest BCUT2D eigenvalue weighted by Gasteiger charge is 2.54. The lowest BCUT2D eigenvalue weighted by atomic mass is 10.1. The smallest absolute Gasteiger partial charge is 0.261 e. The van der Waals surface area contributed by atoms with Gasteiger partial charge in [0, 0.05) is 5.56 Å². The van der Waals surface area contributed by atoms with Gasteiger partial charge in [0.1, 0.15) is 21.5 Å². The zero-order valence-electron chi connectivity index (χ0n) is 15.1. The van der Waals surface area contributed by atoms with E-state index in [1.54, 1.807) is 0 Å². The number of carbonyl (C=O) groups is 1. The standard InChI is InChI=1S/C21H19F2N3OS/c22-14-7-8-17(23)15(11-14)19-25-26(20(27)18(24)13-5-6-13)21(28-19)10-9-12-3-1-2-4-16(12)21/h1-4,7-8,11,13,18H,5-6,9-10,24H2/t18-,21?/m0/s1. The van der Waals surface area contributed by atoms with Crippen molar-refractivity contribution < 1.29 is 13.6 Å². The molecule has 1 fully saturated rings. The van der Waals surface area contributed by atoms with Crippen molar-refractivity contribution in [2.45, 2.75) is 36.6 Å². The zero-order valence-corrected chi connectivity index (χ0v) is 15.9. The second-order valence-electron chi connectivity index (χ2n) is 7.59. The van der Waals surface area contributed by atoms with Crippen LogP contribution >= 0.6 is 11.8 Å². The van der Waals surface area contributed by atoms with E-state index in [1.807, 2.05) is 24.3 Å². The van der Waals surface area contributed by atoms with Gasteiger partial charge in [0.15, 0.2) is 0 Å². The first-order chi connectivity index (χ1) is 13.5. The summed E-state index contributed by atoms with van der Waals surface area (Å²) in [5.74, 6) is -1.18. The minimum atomic E-state index is -0.756. The minimum absolute atomic E-state index is 0.0732. The number of halogens is 2. The van der Waals surface area contributed by atoms with E-state index in [2.05, 4.69) is 5.10 Å². The van der Waals surface area contributed by atoms with E-state index >= 15 is 0 Å². The van der Waals surface area contributed by atoms with Crippen LogP contribution in [0.3, 0.4) is 0 Å². The molecule has 2 aromatic carbocycles. The number of hydrogen-bond donors (Lipinski definition) is 1. The number of hydrazone groups is 1. The summed E-state index contributed by atoms with van der Waals surface area (Å²) in [6.45, 7) is 0. The van der Waals surface area contributed by atoms with Crippen molar-refractivity contribution in [2.75, 3.05) is 0 Å². The van der Waals surface area contributed by atoms with Gasteiger partial charge in [0.25, 0.3) is 5.91 Å². The Hall–Kier alpha value is -2.25. The number of fused-ring (bicyclic) bond motifs is 2. The van der Waals surface area contributed by atoms with Gasteiger partial charge in [-0.25, -0.2) is 13.8 Å². The monoisotopic (exact) mass is 399 g/mol. The van der Waals surface area contributed by atoms with Crippen molar-refractivity contribution in [1.82, 2.24) is 5.01 Å². The molecule has 2 atom stereocenters. The quantitative estimate of drug-likeness (QED) is 0.856. The third-order valence-electron chi connectivity index (χ3n) is 5.75. The molecule has 1 amide bonds. The first kappa shape index (κ1) is 17.8. The Morgan fingerprint density at radius 2 is 2.04 bits per heavy atom. The average Bonchev–Trinajstić information content (AvgIpc) is 3.40. The summed E-state index contributed by atoms with van der Waals surface area (Å²) in [7, 11) is 0. The fraction of sp³-hybridized carbons (Fsp3) is 0.333. The maximum Gasteiger partial charge on any atom is 0.261 e. The lowest BCUT2D eigenvalue weighted by molar-refractivity contribution is -0.136. The van der Waals surface area contributed by atoms with E-state index in [1.165, 1.54) is 16.8 Å². The Morgan fingerprint density at radius 1 is 1.25 bits per heavy atom. The number of rotatable bonds is 3. The maximum atomic E-state index is 14.4. The van der Waals surface area contributed by atoms with Crippen LogP contribution in [0.15, 0.2) is 47.6 Å². The van der Waals surface area contributed by atoms with Crippen molar-refractivity contribution in [2.24, 2.45) is 16.8 Å². The molecule has 7 heteroatoms. The van der Waals surface area contributed by atoms with Gasteiger partial charge in [-0.2, -0.15) is 5.10 Å². The fourth-order valence-corrected chi connectivity index (χ4v) is 5.51. The topological polar surface area (TPSA) is 58.7 Å². The fourth-order valence-electron chi connectivity index (χ4n) is 4.08. The molecule has 0 saturated heterocycles. The third kappa shape index (κ3) is 2.68. The van der Waals surface area contributed by atoms with E-state index in [0.29, 0.717) is 11.5 Å². The number of nitrogens with two attached hydrogens (primary N) is 1. The first-order valence-electron chi connectivity index (χ1n) is 9.41. The van der Waals surface area contributed by atoms with Crippen molar-refractivity contribution in [3.05, 3.63) is 70.8 Å². The van der Waals surface area contributed by atoms with Crippen LogP contribution < -0.4 is 5.73 Å². The molecule has 1 heterocycles. The summed E-state index contributed by atoms with van der Waals surface area (Å²) in [5.41, 5.74) is 8.42. The Balaban J connectivity index is 1.61. The van der Waals surface area contributed by atoms with E-state index < -0.39 is 22.5 Å². The van der Waals surface area contributed by atoms with Crippen molar-refractivity contribution >= 4 is 22.7 Å². The van der Waals surface area contributed by atoms with Crippen LogP contribution in [0.25, 0.3) is 0 Å². The zero-order chi connectivity index (χ0) is 19.5.